The smallest absolute Gasteiger partial charge is 0.405 e. The second-order valence-electron chi connectivity index (χ2n) is 25.7. The van der Waals surface area contributed by atoms with E-state index in [1.165, 1.54) is 45.3 Å². The zero-order valence-electron chi connectivity index (χ0n) is 54.8. The number of pyridine rings is 4. The maximum Gasteiger partial charge on any atom is 0.405 e. The Bertz CT molecular complexity index is 4320. The lowest BCUT2D eigenvalue weighted by atomic mass is 10.0. The van der Waals surface area contributed by atoms with Gasteiger partial charge in [-0.15, -0.1) is 0 Å². The zero-order chi connectivity index (χ0) is 72.7. The number of ether oxygens (including phenoxy) is 1. The van der Waals surface area contributed by atoms with Crippen molar-refractivity contribution in [2.24, 2.45) is 11.8 Å². The molecule has 13 heterocycles. The molecule has 7 aromatic heterocycles. The number of amides is 7. The third-order valence-electron chi connectivity index (χ3n) is 18.3. The Kier molecular flexibility index (Phi) is 20.1. The number of aromatic amines is 1. The number of hydrogen-bond donors (Lipinski definition) is 7. The maximum absolute atomic E-state index is 13.3. The first-order valence-corrected chi connectivity index (χ1v) is 32.6. The van der Waals surface area contributed by atoms with E-state index in [9.17, 15) is 73.4 Å². The first-order chi connectivity index (χ1) is 48.5. The molecule has 7 amide bonds. The van der Waals surface area contributed by atoms with Crippen LogP contribution in [-0.2, 0) is 0 Å². The largest absolute Gasteiger partial charge is 0.488 e. The fourth-order valence-electron chi connectivity index (χ4n) is 12.5. The van der Waals surface area contributed by atoms with Crippen molar-refractivity contribution in [1.29, 1.82) is 0 Å². The highest BCUT2D eigenvalue weighted by Crippen LogP contribution is 2.44. The van der Waals surface area contributed by atoms with E-state index in [4.69, 9.17) is 9.84 Å². The van der Waals surface area contributed by atoms with Gasteiger partial charge in [0.05, 0.1) is 66.0 Å². The first-order valence-electron chi connectivity index (χ1n) is 32.6. The third-order valence-corrected chi connectivity index (χ3v) is 18.3. The van der Waals surface area contributed by atoms with Gasteiger partial charge in [0, 0.05) is 76.1 Å². The average Bonchev–Trinajstić information content (AvgIpc) is 1.52. The molecule has 14 rings (SSSR count). The molecular weight excluding hydrogens is 1360 g/mol. The van der Waals surface area contributed by atoms with Gasteiger partial charge in [0.1, 0.15) is 47.8 Å². The molecule has 6 bridgehead atoms. The quantitative estimate of drug-likeness (QED) is 0.0350. The number of aryl methyl sites for hydroxylation is 1. The van der Waals surface area contributed by atoms with Gasteiger partial charge in [0.2, 0.25) is 11.9 Å². The molecule has 3 saturated heterocycles. The van der Waals surface area contributed by atoms with Crippen LogP contribution < -0.4 is 55.4 Å². The van der Waals surface area contributed by atoms with Gasteiger partial charge in [-0.25, -0.2) is 49.3 Å². The van der Waals surface area contributed by atoms with Gasteiger partial charge in [0.15, 0.2) is 34.8 Å². The van der Waals surface area contributed by atoms with Gasteiger partial charge < -0.3 is 40.0 Å². The molecule has 102 heavy (non-hydrogen) atoms. The van der Waals surface area contributed by atoms with Crippen LogP contribution in [-0.4, -0.2) is 192 Å². The Labute approximate surface area is 574 Å². The molecule has 0 radical (unpaired) electrons. The van der Waals surface area contributed by atoms with E-state index < -0.39 is 98.0 Å². The Morgan fingerprint density at radius 2 is 1.06 bits per heavy atom. The molecule has 28 nitrogen and oxygen atoms in total. The molecule has 0 spiro atoms. The standard InChI is InChI=1S/C22H22F3N7O2.C22H25F3N6O5.C21H21F3N6O2/c1-11-8-26-18-14(11)9-27-20(29-18)30-21(34)32-13-5-6-31(10-13)16-4-3-15(28-19(16)32)17(33)7-12(2)22(23,24)25;1-12(22(23,24)25)6-18(34)16-2-3-17-19(28-16)31(13-4-5-30(17)9-13)21(35)29-20-26-7-15(8-27-20)36-11-14(33)10-32;22-21(23,24)11-26-19(31)15-4-5-16-18(27-15)30(14-7-8-29(16)10-14)20(32)28-17-6-3-13(9-25-17)12-1-2-12/h3-4,8-9,12-13H,5-7,10H2,1-2H3,(H2,26,27,29,30,34);2-3,7-8,12-14,32-33H,4-6,9-11H2,1H3,(H,26,27,29,35);3-6,9,12,14H,1-2,7-8,10-11H2,(H,26,31)(H,25,28,32)/t12-,13-;12-,13-,14+;14-/m000/s1. The minimum atomic E-state index is -4.53. The number of halogens is 9. The molecule has 37 heteroatoms. The van der Waals surface area contributed by atoms with Gasteiger partial charge in [0.25, 0.3) is 5.91 Å². The number of ketones is 2. The van der Waals surface area contributed by atoms with Crippen molar-refractivity contribution < 1.29 is 83.2 Å². The van der Waals surface area contributed by atoms with Crippen molar-refractivity contribution in [3.05, 3.63) is 108 Å². The molecule has 7 N–H and O–H groups in total. The molecular formula is C65H68F9N19O9. The Balaban J connectivity index is 0.000000145. The van der Waals surface area contributed by atoms with E-state index in [1.807, 2.05) is 28.1 Å². The Morgan fingerprint density at radius 3 is 1.52 bits per heavy atom. The summed E-state index contributed by atoms with van der Waals surface area (Å²) in [7, 11) is 0. The minimum Gasteiger partial charge on any atom is -0.488 e. The maximum atomic E-state index is 13.3. The van der Waals surface area contributed by atoms with E-state index in [-0.39, 0.29) is 76.9 Å². The monoisotopic (exact) mass is 1430 g/mol. The number of aliphatic hydroxyl groups is 2. The summed E-state index contributed by atoms with van der Waals surface area (Å²) in [4.78, 5) is 124. The number of urea groups is 3. The lowest BCUT2D eigenvalue weighted by Crippen LogP contribution is -2.48. The fraction of sp³-hybridized carbons (Fsp3) is 0.446. The number of carbonyl (C=O) groups excluding carboxylic acids is 6. The summed E-state index contributed by atoms with van der Waals surface area (Å²) in [5.74, 6) is -4.13. The molecule has 1 aliphatic carbocycles. The molecule has 6 atom stereocenters. The second-order valence-corrected chi connectivity index (χ2v) is 25.7. The predicted molar refractivity (Wildman–Crippen MR) is 351 cm³/mol. The van der Waals surface area contributed by atoms with E-state index in [0.29, 0.717) is 86.4 Å². The molecule has 6 aliphatic heterocycles. The van der Waals surface area contributed by atoms with Crippen LogP contribution >= 0.6 is 0 Å². The van der Waals surface area contributed by atoms with Crippen molar-refractivity contribution in [1.82, 2.24) is 50.2 Å². The highest BCUT2D eigenvalue weighted by Gasteiger charge is 2.46. The van der Waals surface area contributed by atoms with Crippen LogP contribution in [0.5, 0.6) is 5.75 Å². The molecule has 7 aliphatic rings. The number of rotatable bonds is 16. The number of H-pyrrole nitrogens is 1. The summed E-state index contributed by atoms with van der Waals surface area (Å²) >= 11 is 0. The summed E-state index contributed by atoms with van der Waals surface area (Å²) in [5.41, 5.74) is 4.20. The minimum absolute atomic E-state index is 0.0386. The number of Topliss-reactive ketones (excluding diaryl/α,β-unsaturated/α-hetero) is 2. The van der Waals surface area contributed by atoms with Crippen LogP contribution in [0.3, 0.4) is 0 Å². The molecule has 7 aromatic rings. The molecule has 1 saturated carbocycles. The Hall–Kier alpha value is -10.6. The average molecular weight is 1430 g/mol. The lowest BCUT2D eigenvalue weighted by Gasteiger charge is -2.35. The zero-order valence-corrected chi connectivity index (χ0v) is 54.8. The van der Waals surface area contributed by atoms with E-state index in [2.05, 4.69) is 65.7 Å². The Morgan fingerprint density at radius 1 is 0.588 bits per heavy atom. The van der Waals surface area contributed by atoms with Crippen LogP contribution in [0, 0.1) is 18.8 Å². The van der Waals surface area contributed by atoms with Crippen molar-refractivity contribution in [3.63, 3.8) is 0 Å². The molecule has 0 aromatic carbocycles. The topological polar surface area (TPSA) is 339 Å². The number of anilines is 9. The van der Waals surface area contributed by atoms with Crippen LogP contribution in [0.1, 0.15) is 107 Å². The van der Waals surface area contributed by atoms with Crippen molar-refractivity contribution >= 4 is 98.8 Å². The van der Waals surface area contributed by atoms with Gasteiger partial charge in [-0.3, -0.25) is 45.0 Å². The first kappa shape index (κ1) is 71.2. The predicted octanol–water partition coefficient (Wildman–Crippen LogP) is 9.35. The number of carbonyl (C=O) groups is 6. The van der Waals surface area contributed by atoms with Crippen LogP contribution in [0.25, 0.3) is 11.0 Å². The van der Waals surface area contributed by atoms with Crippen LogP contribution in [0.4, 0.5) is 106 Å². The summed E-state index contributed by atoms with van der Waals surface area (Å²) in [6.45, 7) is 5.57. The third kappa shape index (κ3) is 15.9. The summed E-state index contributed by atoms with van der Waals surface area (Å²) in [6, 6.07) is 10.6. The summed E-state index contributed by atoms with van der Waals surface area (Å²) in [6.07, 6.45) is -3.93. The van der Waals surface area contributed by atoms with Gasteiger partial charge in [-0.2, -0.15) is 44.5 Å². The lowest BCUT2D eigenvalue weighted by molar-refractivity contribution is -0.169. The molecule has 4 fully saturated rings. The van der Waals surface area contributed by atoms with Crippen molar-refractivity contribution in [2.45, 2.75) is 114 Å². The number of nitrogens with one attached hydrogen (secondary N) is 5. The molecule has 540 valence electrons. The highest BCUT2D eigenvalue weighted by atomic mass is 19.4. The number of fused-ring (bicyclic) bond motifs is 13. The van der Waals surface area contributed by atoms with Crippen molar-refractivity contribution in [2.75, 3.05) is 104 Å². The normalized spacial score (nSPS) is 18.7. The van der Waals surface area contributed by atoms with Crippen LogP contribution in [0.15, 0.2) is 79.5 Å². The number of alkyl halides is 9. The summed E-state index contributed by atoms with van der Waals surface area (Å²) < 4.78 is 120. The van der Waals surface area contributed by atoms with E-state index in [1.54, 1.807) is 42.9 Å². The number of aliphatic hydroxyl groups excluding tert-OH is 2. The number of hydrogen-bond acceptors (Lipinski definition) is 20. The fourth-order valence-corrected chi connectivity index (χ4v) is 12.5. The summed E-state index contributed by atoms with van der Waals surface area (Å²) in [5, 5.41) is 28.9. The number of nitrogens with zero attached hydrogens (tertiary/aromatic N) is 14. The SMILES string of the molecule is C[C@@H](CC(=O)c1ccc2c(n1)N(C(=O)Nc1ncc(OC[C@H](O)CO)cn1)[C@H]1CCN2C1)C(F)(F)F.Cc1c[nH]c2nc(NC(=O)N3c4nc(C(=O)C[C@H](C)C(F)(F)F)ccc4N4CC[C@H]3C4)ncc12.O=C(NCC(F)(F)F)c1ccc2c(n1)N(C(=O)Nc1ccc(C3CC3)cn1)[C@H]1CCN2C1. The van der Waals surface area contributed by atoms with E-state index in [0.717, 1.165) is 49.7 Å². The van der Waals surface area contributed by atoms with Crippen molar-refractivity contribution in [3.8, 4) is 5.75 Å². The van der Waals surface area contributed by atoms with Gasteiger partial charge in [-0.05, 0) is 98.5 Å². The van der Waals surface area contributed by atoms with Gasteiger partial charge >= 0.3 is 36.6 Å². The van der Waals surface area contributed by atoms with E-state index >= 15 is 0 Å². The van der Waals surface area contributed by atoms with Crippen LogP contribution in [0.2, 0.25) is 0 Å². The highest BCUT2D eigenvalue weighted by molar-refractivity contribution is 6.07. The number of aromatic nitrogens is 9. The second kappa shape index (κ2) is 28.8. The van der Waals surface area contributed by atoms with Gasteiger partial charge in [-0.1, -0.05) is 19.9 Å². The molecule has 0 unspecified atom stereocenters.